The third kappa shape index (κ3) is 3.37. The Morgan fingerprint density at radius 3 is 2.94 bits per heavy atom. The summed E-state index contributed by atoms with van der Waals surface area (Å²) in [6.07, 6.45) is 3.25. The maximum absolute atomic E-state index is 11.6. The highest BCUT2D eigenvalue weighted by molar-refractivity contribution is 7.90. The van der Waals surface area contributed by atoms with Gasteiger partial charge in [0.15, 0.2) is 0 Å². The lowest BCUT2D eigenvalue weighted by molar-refractivity contribution is 0.579. The molecule has 0 atom stereocenters. The lowest BCUT2D eigenvalue weighted by atomic mass is 10.3. The second-order valence-electron chi connectivity index (χ2n) is 4.43. The molecular weight excluding hydrogens is 240 g/mol. The minimum Gasteiger partial charge on any atom is -0.248 e. The van der Waals surface area contributed by atoms with E-state index in [9.17, 15) is 8.42 Å². The number of aromatic nitrogens is 3. The van der Waals surface area contributed by atoms with Gasteiger partial charge in [-0.1, -0.05) is 17.4 Å². The number of rotatable bonds is 6. The highest BCUT2D eigenvalue weighted by Gasteiger charge is 2.35. The van der Waals surface area contributed by atoms with Crippen LogP contribution in [-0.2, 0) is 23.1 Å². The molecule has 0 radical (unpaired) electrons. The van der Waals surface area contributed by atoms with E-state index in [0.29, 0.717) is 12.2 Å². The molecule has 0 bridgehead atoms. The molecule has 0 aromatic carbocycles. The Morgan fingerprint density at radius 1 is 1.65 bits per heavy atom. The summed E-state index contributed by atoms with van der Waals surface area (Å²) in [5.74, 6) is 0. The summed E-state index contributed by atoms with van der Waals surface area (Å²) in [5, 5.41) is 7.58. The maximum atomic E-state index is 11.6. The maximum Gasteiger partial charge on any atom is 0.214 e. The van der Waals surface area contributed by atoms with E-state index in [-0.39, 0.29) is 11.8 Å². The minimum absolute atomic E-state index is 0.201. The van der Waals surface area contributed by atoms with Crippen molar-refractivity contribution in [1.29, 1.82) is 0 Å². The van der Waals surface area contributed by atoms with Crippen LogP contribution in [0.15, 0.2) is 18.3 Å². The van der Waals surface area contributed by atoms with Crippen molar-refractivity contribution in [3.8, 4) is 0 Å². The smallest absolute Gasteiger partial charge is 0.214 e. The number of nitrogens with zero attached hydrogens (tertiary/aromatic N) is 3. The Balaban J connectivity index is 1.91. The topological polar surface area (TPSA) is 76.9 Å². The summed E-state index contributed by atoms with van der Waals surface area (Å²) in [4.78, 5) is 0. The molecule has 0 spiro atoms. The van der Waals surface area contributed by atoms with Crippen molar-refractivity contribution in [3.63, 3.8) is 0 Å². The summed E-state index contributed by atoms with van der Waals surface area (Å²) >= 11 is 0. The van der Waals surface area contributed by atoms with Gasteiger partial charge in [0.1, 0.15) is 0 Å². The van der Waals surface area contributed by atoms with Crippen molar-refractivity contribution in [2.75, 3.05) is 0 Å². The van der Waals surface area contributed by atoms with Gasteiger partial charge in [0, 0.05) is 0 Å². The third-order valence-corrected chi connectivity index (χ3v) is 4.33. The minimum atomic E-state index is -3.14. The quantitative estimate of drug-likeness (QED) is 0.749. The normalized spacial score (nSPS) is 16.1. The van der Waals surface area contributed by atoms with Crippen molar-refractivity contribution >= 4 is 10.0 Å². The van der Waals surface area contributed by atoms with Crippen LogP contribution in [0, 0.1) is 0 Å². The molecule has 1 saturated carbocycles. The summed E-state index contributed by atoms with van der Waals surface area (Å²) in [6.45, 7) is 6.48. The monoisotopic (exact) mass is 256 g/mol. The van der Waals surface area contributed by atoms with Crippen LogP contribution >= 0.6 is 0 Å². The third-order valence-electron chi connectivity index (χ3n) is 2.44. The van der Waals surface area contributed by atoms with Gasteiger partial charge >= 0.3 is 0 Å². The average Bonchev–Trinajstić information content (AvgIpc) is 2.99. The predicted molar refractivity (Wildman–Crippen MR) is 63.6 cm³/mol. The zero-order valence-corrected chi connectivity index (χ0v) is 10.6. The van der Waals surface area contributed by atoms with Crippen LogP contribution in [0.25, 0.3) is 0 Å². The number of hydrogen-bond acceptors (Lipinski definition) is 4. The molecule has 0 aliphatic heterocycles. The number of allylic oxidation sites excluding steroid dienone is 1. The number of hydrogen-bond donors (Lipinski definition) is 1. The lowest BCUT2D eigenvalue weighted by Gasteiger charge is -2.01. The molecule has 1 heterocycles. The molecule has 0 saturated heterocycles. The Morgan fingerprint density at radius 2 is 2.35 bits per heavy atom. The summed E-state index contributed by atoms with van der Waals surface area (Å²) in [5.41, 5.74) is 1.59. The van der Waals surface area contributed by atoms with Gasteiger partial charge in [0.05, 0.1) is 30.2 Å². The van der Waals surface area contributed by atoms with E-state index in [1.54, 1.807) is 10.9 Å². The van der Waals surface area contributed by atoms with Gasteiger partial charge in [-0.15, -0.1) is 5.10 Å². The first-order chi connectivity index (χ1) is 7.97. The van der Waals surface area contributed by atoms with E-state index < -0.39 is 10.0 Å². The molecule has 1 aliphatic rings. The molecule has 94 valence electrons. The molecule has 1 aromatic heterocycles. The van der Waals surface area contributed by atoms with Gasteiger partial charge in [-0.2, -0.15) is 0 Å². The molecule has 2 rings (SSSR count). The van der Waals surface area contributed by atoms with E-state index >= 15 is 0 Å². The largest absolute Gasteiger partial charge is 0.248 e. The first-order valence-corrected chi connectivity index (χ1v) is 7.04. The van der Waals surface area contributed by atoms with Crippen LogP contribution in [-0.4, -0.2) is 28.7 Å². The molecule has 1 aromatic rings. The predicted octanol–water partition coefficient (Wildman–Crippen LogP) is 0.436. The molecule has 0 amide bonds. The van der Waals surface area contributed by atoms with Gasteiger partial charge in [-0.05, 0) is 19.8 Å². The summed E-state index contributed by atoms with van der Waals surface area (Å²) in [7, 11) is -3.14. The molecule has 17 heavy (non-hydrogen) atoms. The van der Waals surface area contributed by atoms with Gasteiger partial charge in [0.2, 0.25) is 10.0 Å². The van der Waals surface area contributed by atoms with Gasteiger partial charge < -0.3 is 0 Å². The molecule has 1 N–H and O–H groups in total. The summed E-state index contributed by atoms with van der Waals surface area (Å²) < 4.78 is 27.3. The van der Waals surface area contributed by atoms with Crippen LogP contribution in [0.1, 0.15) is 25.5 Å². The van der Waals surface area contributed by atoms with Crippen LogP contribution in [0.4, 0.5) is 0 Å². The van der Waals surface area contributed by atoms with Gasteiger partial charge in [-0.25, -0.2) is 17.8 Å². The van der Waals surface area contributed by atoms with Crippen LogP contribution < -0.4 is 4.72 Å². The fourth-order valence-electron chi connectivity index (χ4n) is 1.44. The summed E-state index contributed by atoms with van der Waals surface area (Å²) in [6, 6.07) is 0. The van der Waals surface area contributed by atoms with E-state index in [4.69, 9.17) is 0 Å². The highest BCUT2D eigenvalue weighted by atomic mass is 32.2. The second kappa shape index (κ2) is 4.58. The first kappa shape index (κ1) is 12.3. The molecule has 0 unspecified atom stereocenters. The molecule has 1 aliphatic carbocycles. The SMILES string of the molecule is C=C(C)Cn1cc(CNS(=O)(=O)C2CC2)nn1. The molecule has 1 fully saturated rings. The zero-order valence-electron chi connectivity index (χ0n) is 9.76. The van der Waals surface area contributed by atoms with Crippen LogP contribution in [0.2, 0.25) is 0 Å². The molecule has 6 nitrogen and oxygen atoms in total. The Labute approximate surface area is 101 Å². The van der Waals surface area contributed by atoms with Crippen molar-refractivity contribution < 1.29 is 8.42 Å². The van der Waals surface area contributed by atoms with Crippen molar-refractivity contribution in [3.05, 3.63) is 24.0 Å². The Bertz CT molecular complexity index is 516. The fourth-order valence-corrected chi connectivity index (χ4v) is 2.79. The average molecular weight is 256 g/mol. The Hall–Kier alpha value is -1.21. The number of sulfonamides is 1. The Kier molecular flexibility index (Phi) is 3.30. The standard InChI is InChI=1S/C10H16N4O2S/c1-8(2)6-14-7-9(12-13-14)5-11-17(15,16)10-3-4-10/h7,10-11H,1,3-6H2,2H3. The van der Waals surface area contributed by atoms with E-state index in [1.807, 2.05) is 6.92 Å². The first-order valence-electron chi connectivity index (χ1n) is 5.49. The van der Waals surface area contributed by atoms with Gasteiger partial charge in [0.25, 0.3) is 0 Å². The van der Waals surface area contributed by atoms with Crippen molar-refractivity contribution in [2.24, 2.45) is 0 Å². The van der Waals surface area contributed by atoms with E-state index in [1.165, 1.54) is 0 Å². The molecule has 7 heteroatoms. The highest BCUT2D eigenvalue weighted by Crippen LogP contribution is 2.27. The second-order valence-corrected chi connectivity index (χ2v) is 6.48. The lowest BCUT2D eigenvalue weighted by Crippen LogP contribution is -2.26. The van der Waals surface area contributed by atoms with Crippen LogP contribution in [0.3, 0.4) is 0 Å². The van der Waals surface area contributed by atoms with Gasteiger partial charge in [-0.3, -0.25) is 0 Å². The van der Waals surface area contributed by atoms with Crippen molar-refractivity contribution in [1.82, 2.24) is 19.7 Å². The van der Waals surface area contributed by atoms with Crippen molar-refractivity contribution in [2.45, 2.75) is 38.1 Å². The fraction of sp³-hybridized carbons (Fsp3) is 0.600. The van der Waals surface area contributed by atoms with Crippen LogP contribution in [0.5, 0.6) is 0 Å². The molecular formula is C10H16N4O2S. The van der Waals surface area contributed by atoms with E-state index in [2.05, 4.69) is 21.6 Å². The number of nitrogens with one attached hydrogen (secondary N) is 1. The van der Waals surface area contributed by atoms with E-state index in [0.717, 1.165) is 18.4 Å². The zero-order chi connectivity index (χ0) is 12.5.